The van der Waals surface area contributed by atoms with Gasteiger partial charge in [0.25, 0.3) is 0 Å². The summed E-state index contributed by atoms with van der Waals surface area (Å²) in [6.07, 6.45) is 0.911. The van der Waals surface area contributed by atoms with Gasteiger partial charge >= 0.3 is 0 Å². The Kier molecular flexibility index (Phi) is 4.50. The van der Waals surface area contributed by atoms with Crippen molar-refractivity contribution in [1.29, 1.82) is 0 Å². The molecule has 1 aromatic heterocycles. The zero-order valence-corrected chi connectivity index (χ0v) is 13.5. The zero-order chi connectivity index (χ0) is 15.4. The van der Waals surface area contributed by atoms with Gasteiger partial charge in [0.15, 0.2) is 0 Å². The average Bonchev–Trinajstić information content (AvgIpc) is 2.57. The Hall–Kier alpha value is -2.18. The molecule has 1 heterocycles. The van der Waals surface area contributed by atoms with Crippen LogP contribution in [0.1, 0.15) is 11.3 Å². The average molecular weight is 306 g/mol. The van der Waals surface area contributed by atoms with Crippen LogP contribution >= 0.6 is 7.92 Å². The van der Waals surface area contributed by atoms with Crippen LogP contribution in [0.4, 0.5) is 5.82 Å². The minimum absolute atomic E-state index is 0.467. The molecule has 3 aromatic rings. The Morgan fingerprint density at radius 3 is 1.86 bits per heavy atom. The predicted octanol–water partition coefficient (Wildman–Crippen LogP) is 3.61. The summed E-state index contributed by atoms with van der Waals surface area (Å²) < 4.78 is 0. The van der Waals surface area contributed by atoms with E-state index >= 15 is 0 Å². The summed E-state index contributed by atoms with van der Waals surface area (Å²) in [4.78, 5) is 4.56. The molecule has 0 amide bonds. The maximum Gasteiger partial charge on any atom is 0.126 e. The standard InChI is InChI=1S/C19H19N2P/c1-15-12-13-16(21-19(15)20)14-22(17-8-4-2-5-9-17)18-10-6-3-7-11-18/h2-13H,14H2,1H3,(H2,20,21). The largest absolute Gasteiger partial charge is 0.383 e. The highest BCUT2D eigenvalue weighted by Gasteiger charge is 2.15. The lowest BCUT2D eigenvalue weighted by molar-refractivity contribution is 1.16. The molecule has 0 aliphatic carbocycles. The Morgan fingerprint density at radius 2 is 1.36 bits per heavy atom. The van der Waals surface area contributed by atoms with Crippen molar-refractivity contribution in [3.8, 4) is 0 Å². The monoisotopic (exact) mass is 306 g/mol. The second-order valence-electron chi connectivity index (χ2n) is 5.26. The van der Waals surface area contributed by atoms with E-state index in [-0.39, 0.29) is 0 Å². The first-order valence-electron chi connectivity index (χ1n) is 7.33. The second kappa shape index (κ2) is 6.72. The molecule has 0 aliphatic heterocycles. The van der Waals surface area contributed by atoms with Crippen LogP contribution in [0.3, 0.4) is 0 Å². The van der Waals surface area contributed by atoms with Gasteiger partial charge in [0.2, 0.25) is 0 Å². The first-order chi connectivity index (χ1) is 10.7. The van der Waals surface area contributed by atoms with Crippen LogP contribution in [0.15, 0.2) is 72.8 Å². The molecule has 2 N–H and O–H groups in total. The van der Waals surface area contributed by atoms with Gasteiger partial charge in [-0.1, -0.05) is 66.7 Å². The minimum atomic E-state index is -0.467. The third kappa shape index (κ3) is 3.35. The Morgan fingerprint density at radius 1 is 0.818 bits per heavy atom. The van der Waals surface area contributed by atoms with Crippen molar-refractivity contribution in [3.05, 3.63) is 84.1 Å². The highest BCUT2D eigenvalue weighted by Crippen LogP contribution is 2.37. The quantitative estimate of drug-likeness (QED) is 0.748. The third-order valence-electron chi connectivity index (χ3n) is 3.65. The number of nitrogen functional groups attached to an aromatic ring is 1. The van der Waals surface area contributed by atoms with E-state index in [1.165, 1.54) is 10.6 Å². The molecule has 2 nitrogen and oxygen atoms in total. The fourth-order valence-corrected chi connectivity index (χ4v) is 4.61. The molecule has 3 heteroatoms. The first-order valence-corrected chi connectivity index (χ1v) is 8.86. The van der Waals surface area contributed by atoms with Gasteiger partial charge in [0.1, 0.15) is 5.82 Å². The normalized spacial score (nSPS) is 10.8. The van der Waals surface area contributed by atoms with Gasteiger partial charge in [-0.2, -0.15) is 0 Å². The molecule has 0 bridgehead atoms. The number of hydrogen-bond acceptors (Lipinski definition) is 2. The molecule has 0 saturated heterocycles. The lowest BCUT2D eigenvalue weighted by Crippen LogP contribution is -2.13. The molecule has 0 atom stereocenters. The zero-order valence-electron chi connectivity index (χ0n) is 12.6. The molecule has 0 aliphatic rings. The number of nitrogens with zero attached hydrogens (tertiary/aromatic N) is 1. The maximum absolute atomic E-state index is 5.97. The molecule has 0 fully saturated rings. The molecule has 0 radical (unpaired) electrons. The molecule has 22 heavy (non-hydrogen) atoms. The SMILES string of the molecule is Cc1ccc(CP(c2ccccc2)c2ccccc2)nc1N. The number of aryl methyl sites for hydroxylation is 1. The Bertz CT molecular complexity index is 702. The molecule has 0 spiro atoms. The highest BCUT2D eigenvalue weighted by atomic mass is 31.1. The molecule has 0 unspecified atom stereocenters. The fourth-order valence-electron chi connectivity index (χ4n) is 2.38. The minimum Gasteiger partial charge on any atom is -0.383 e. The van der Waals surface area contributed by atoms with E-state index in [0.717, 1.165) is 17.4 Å². The Balaban J connectivity index is 1.97. The number of nitrogens with two attached hydrogens (primary N) is 1. The van der Waals surface area contributed by atoms with E-state index in [4.69, 9.17) is 5.73 Å². The van der Waals surface area contributed by atoms with Gasteiger partial charge in [-0.25, -0.2) is 4.98 Å². The van der Waals surface area contributed by atoms with Crippen LogP contribution in [0, 0.1) is 6.92 Å². The van der Waals surface area contributed by atoms with Crippen LogP contribution in [-0.4, -0.2) is 4.98 Å². The van der Waals surface area contributed by atoms with Gasteiger partial charge in [0, 0.05) is 11.9 Å². The van der Waals surface area contributed by atoms with Crippen LogP contribution in [0.25, 0.3) is 0 Å². The molecular weight excluding hydrogens is 287 g/mol. The summed E-state index contributed by atoms with van der Waals surface area (Å²) in [5.41, 5.74) is 8.06. The van der Waals surface area contributed by atoms with Crippen molar-refractivity contribution in [3.63, 3.8) is 0 Å². The molecule has 3 rings (SSSR count). The summed E-state index contributed by atoms with van der Waals surface area (Å²) in [5, 5.41) is 2.73. The van der Waals surface area contributed by atoms with Gasteiger partial charge in [0.05, 0.1) is 0 Å². The number of benzene rings is 2. The van der Waals surface area contributed by atoms with E-state index < -0.39 is 7.92 Å². The molecular formula is C19H19N2P. The van der Waals surface area contributed by atoms with Crippen molar-refractivity contribution in [2.45, 2.75) is 13.1 Å². The Labute approximate surface area is 132 Å². The number of hydrogen-bond donors (Lipinski definition) is 1. The second-order valence-corrected chi connectivity index (χ2v) is 7.47. The van der Waals surface area contributed by atoms with Crippen LogP contribution in [0.5, 0.6) is 0 Å². The molecule has 110 valence electrons. The summed E-state index contributed by atoms with van der Waals surface area (Å²) >= 11 is 0. The lowest BCUT2D eigenvalue weighted by Gasteiger charge is -2.18. The third-order valence-corrected chi connectivity index (χ3v) is 6.13. The highest BCUT2D eigenvalue weighted by molar-refractivity contribution is 7.72. The van der Waals surface area contributed by atoms with Gasteiger partial charge in [-0.3, -0.25) is 0 Å². The van der Waals surface area contributed by atoms with Crippen molar-refractivity contribution in [2.75, 3.05) is 5.73 Å². The van der Waals surface area contributed by atoms with Crippen molar-refractivity contribution in [1.82, 2.24) is 4.98 Å². The summed E-state index contributed by atoms with van der Waals surface area (Å²) in [6, 6.07) is 25.5. The number of pyridine rings is 1. The van der Waals surface area contributed by atoms with Crippen LogP contribution in [0.2, 0.25) is 0 Å². The first kappa shape index (κ1) is 14.7. The summed E-state index contributed by atoms with van der Waals surface area (Å²) in [7, 11) is -0.467. The fraction of sp³-hybridized carbons (Fsp3) is 0.105. The number of aromatic nitrogens is 1. The van der Waals surface area contributed by atoms with Gasteiger partial charge in [-0.05, 0) is 37.1 Å². The van der Waals surface area contributed by atoms with E-state index in [2.05, 4.69) is 77.8 Å². The number of rotatable bonds is 4. The summed E-state index contributed by atoms with van der Waals surface area (Å²) in [5.74, 6) is 0.633. The van der Waals surface area contributed by atoms with Crippen LogP contribution in [-0.2, 0) is 6.16 Å². The maximum atomic E-state index is 5.97. The van der Waals surface area contributed by atoms with Crippen molar-refractivity contribution >= 4 is 24.3 Å². The lowest BCUT2D eigenvalue weighted by atomic mass is 10.2. The van der Waals surface area contributed by atoms with Crippen molar-refractivity contribution in [2.24, 2.45) is 0 Å². The van der Waals surface area contributed by atoms with Gasteiger partial charge in [-0.15, -0.1) is 0 Å². The van der Waals surface area contributed by atoms with Crippen molar-refractivity contribution < 1.29 is 0 Å². The van der Waals surface area contributed by atoms with Crippen LogP contribution < -0.4 is 16.3 Å². The molecule has 2 aromatic carbocycles. The van der Waals surface area contributed by atoms with E-state index in [9.17, 15) is 0 Å². The predicted molar refractivity (Wildman–Crippen MR) is 96.2 cm³/mol. The van der Waals surface area contributed by atoms with Gasteiger partial charge < -0.3 is 5.73 Å². The van der Waals surface area contributed by atoms with E-state index in [0.29, 0.717) is 5.82 Å². The topological polar surface area (TPSA) is 38.9 Å². The smallest absolute Gasteiger partial charge is 0.126 e. The number of anilines is 1. The summed E-state index contributed by atoms with van der Waals surface area (Å²) in [6.45, 7) is 1.99. The van der Waals surface area contributed by atoms with E-state index in [1.807, 2.05) is 6.92 Å². The molecule has 0 saturated carbocycles. The van der Waals surface area contributed by atoms with E-state index in [1.54, 1.807) is 0 Å².